The fourth-order valence-electron chi connectivity index (χ4n) is 0. The molecule has 5 nitrogen and oxygen atoms in total. The van der Waals surface area contributed by atoms with E-state index in [0.717, 1.165) is 0 Å². The second kappa shape index (κ2) is 4.79. The second-order valence-corrected chi connectivity index (χ2v) is 1.68. The van der Waals surface area contributed by atoms with E-state index >= 15 is 0 Å². The molecule has 0 aromatic rings. The topological polar surface area (TPSA) is 110 Å². The quantitative estimate of drug-likeness (QED) is 0.390. The van der Waals surface area contributed by atoms with Crippen molar-refractivity contribution in [3.63, 3.8) is 0 Å². The number of hydrogen-bond acceptors (Lipinski definition) is 5. The molecule has 7 heteroatoms. The minimum Gasteiger partial charge on any atom is 0 e. The largest absolute Gasteiger partial charge is 0 e. The van der Waals surface area contributed by atoms with E-state index in [-0.39, 0.29) is 25.0 Å². The molecule has 0 heterocycles. The molecule has 0 saturated heterocycles. The first-order valence-corrected chi connectivity index (χ1v) is 2.75. The molecule has 0 aliphatic rings. The van der Waals surface area contributed by atoms with E-state index in [4.69, 9.17) is 15.9 Å². The van der Waals surface area contributed by atoms with Crippen LogP contribution in [0, 0.1) is 0 Å². The zero-order chi connectivity index (χ0) is 4.50. The van der Waals surface area contributed by atoms with Gasteiger partial charge < -0.3 is 5.48 Å². The van der Waals surface area contributed by atoms with Crippen LogP contribution in [0.15, 0.2) is 0 Å². The third-order valence-corrected chi connectivity index (χ3v) is 0. The Labute approximate surface area is 54.8 Å². The van der Waals surface area contributed by atoms with E-state index in [1.165, 1.54) is 0 Å². The molecular weight excluding hydrogens is 197 g/mol. The first kappa shape index (κ1) is 15.6. The summed E-state index contributed by atoms with van der Waals surface area (Å²) in [6.45, 7) is 0. The van der Waals surface area contributed by atoms with Gasteiger partial charge in [0.05, 0.1) is 0 Å². The molecule has 0 bridgehead atoms. The van der Waals surface area contributed by atoms with Crippen LogP contribution in [-0.4, -0.2) is 5.48 Å². The molecule has 42 valence electrons. The predicted octanol–water partition coefficient (Wildman–Crippen LogP) is -2.80. The Kier molecular flexibility index (Phi) is 10.7. The van der Waals surface area contributed by atoms with Crippen LogP contribution in [-0.2, 0) is 40.7 Å². The Bertz CT molecular complexity index is 91.2. The molecule has 0 saturated carbocycles. The molecule has 0 atom stereocenters. The van der Waals surface area contributed by atoms with Crippen molar-refractivity contribution in [2.24, 2.45) is 0 Å². The van der Waals surface area contributed by atoms with Crippen LogP contribution in [0.5, 0.6) is 0 Å². The summed E-state index contributed by atoms with van der Waals surface area (Å²) >= 11 is -5.75. The maximum Gasteiger partial charge on any atom is 0 e. The Hall–Kier alpha value is 0.636. The zero-order valence-electron chi connectivity index (χ0n) is 3.20. The van der Waals surface area contributed by atoms with Gasteiger partial charge in [-0.15, -0.1) is 0 Å². The summed E-state index contributed by atoms with van der Waals surface area (Å²) in [4.78, 5) is 0. The van der Waals surface area contributed by atoms with E-state index in [1.807, 2.05) is 0 Å². The van der Waals surface area contributed by atoms with E-state index < -0.39 is 13.6 Å². The van der Waals surface area contributed by atoms with E-state index in [1.54, 1.807) is 0 Å². The summed E-state index contributed by atoms with van der Waals surface area (Å²) in [5.74, 6) is 0. The Morgan fingerprint density at radius 2 is 1.14 bits per heavy atom. The average molecular weight is 198 g/mol. The molecule has 7 heavy (non-hydrogen) atoms. The van der Waals surface area contributed by atoms with Gasteiger partial charge >= 0.3 is 29.5 Å². The van der Waals surface area contributed by atoms with Crippen LogP contribution in [0.4, 0.5) is 0 Å². The molecule has 1 N–H and O–H groups in total. The Morgan fingerprint density at radius 3 is 1.14 bits per heavy atom. The molecule has 0 aliphatic carbocycles. The van der Waals surface area contributed by atoms with Crippen molar-refractivity contribution in [3.8, 4) is 0 Å². The fourth-order valence-corrected chi connectivity index (χ4v) is 0. The molecule has 0 unspecified atom stereocenters. The third kappa shape index (κ3) is 353. The molecule has 0 spiro atoms. The van der Waals surface area contributed by atoms with Crippen molar-refractivity contribution in [3.05, 3.63) is 0 Å². The van der Waals surface area contributed by atoms with Crippen LogP contribution in [0.25, 0.3) is 0 Å². The summed E-state index contributed by atoms with van der Waals surface area (Å²) in [6.07, 6.45) is 0. The van der Waals surface area contributed by atoms with Gasteiger partial charge in [0.2, 0.25) is 0 Å². The number of hydrogen-bond donors (Lipinski definition) is 0. The third-order valence-electron chi connectivity index (χ3n) is 0. The minimum atomic E-state index is -5.75. The Morgan fingerprint density at radius 1 is 1.14 bits per heavy atom. The standard InChI is InChI=1S/Cr.H2O.4O.Zn/h;1H2;;;;;/q;;;;2*-1;/p-1. The van der Waals surface area contributed by atoms with Gasteiger partial charge in [0.1, 0.15) is 0 Å². The molecule has 0 aromatic heterocycles. The molecule has 0 radical (unpaired) electrons. The monoisotopic (exact) mass is 197 g/mol. The summed E-state index contributed by atoms with van der Waals surface area (Å²) < 4.78 is 34.4. The van der Waals surface area contributed by atoms with Crippen molar-refractivity contribution in [1.82, 2.24) is 0 Å². The predicted molar refractivity (Wildman–Crippen MR) is 3.31 cm³/mol. The van der Waals surface area contributed by atoms with Crippen LogP contribution < -0.4 is 8.32 Å². The minimum absolute atomic E-state index is 0. The van der Waals surface area contributed by atoms with Gasteiger partial charge in [-0.05, 0) is 0 Å². The molecule has 0 aliphatic heterocycles. The SMILES string of the molecule is [OH-].[O]=[Cr](=[O])([O-])[O-].[Zn]. The summed E-state index contributed by atoms with van der Waals surface area (Å²) in [6, 6.07) is 0. The second-order valence-electron chi connectivity index (χ2n) is 0.408. The van der Waals surface area contributed by atoms with E-state index in [2.05, 4.69) is 0 Å². The van der Waals surface area contributed by atoms with E-state index in [0.29, 0.717) is 0 Å². The molecular formula is HCrO5Zn-3. The first-order valence-electron chi connectivity index (χ1n) is 0.667. The van der Waals surface area contributed by atoms with Gasteiger partial charge in [0.15, 0.2) is 0 Å². The van der Waals surface area contributed by atoms with Crippen molar-refractivity contribution in [2.45, 2.75) is 0 Å². The Balaban J connectivity index is -0.0000000800. The van der Waals surface area contributed by atoms with Crippen LogP contribution in [0.2, 0.25) is 0 Å². The van der Waals surface area contributed by atoms with Crippen LogP contribution in [0.3, 0.4) is 0 Å². The van der Waals surface area contributed by atoms with Crippen LogP contribution >= 0.6 is 0 Å². The van der Waals surface area contributed by atoms with E-state index in [9.17, 15) is 0 Å². The van der Waals surface area contributed by atoms with Gasteiger partial charge in [-0.1, -0.05) is 0 Å². The van der Waals surface area contributed by atoms with Gasteiger partial charge in [0.25, 0.3) is 0 Å². The number of rotatable bonds is 0. The summed E-state index contributed by atoms with van der Waals surface area (Å²) in [5, 5.41) is 0. The van der Waals surface area contributed by atoms with Gasteiger partial charge in [-0.25, -0.2) is 0 Å². The zero-order valence-corrected chi connectivity index (χ0v) is 7.44. The normalized spacial score (nSPS) is 8.29. The maximum absolute atomic E-state index is 8.59. The van der Waals surface area contributed by atoms with Gasteiger partial charge in [0, 0.05) is 19.5 Å². The van der Waals surface area contributed by atoms with Crippen molar-refractivity contribution >= 4 is 0 Å². The fraction of sp³-hybridized carbons (Fsp3) is 0. The summed E-state index contributed by atoms with van der Waals surface area (Å²) in [5.41, 5.74) is 0. The van der Waals surface area contributed by atoms with Crippen LogP contribution in [0.1, 0.15) is 0 Å². The molecule has 0 fully saturated rings. The molecule has 0 aromatic carbocycles. The van der Waals surface area contributed by atoms with Crippen molar-refractivity contribution in [2.75, 3.05) is 0 Å². The smallest absolute Gasteiger partial charge is 0 e. The first-order chi connectivity index (χ1) is 2.00. The van der Waals surface area contributed by atoms with Gasteiger partial charge in [-0.2, -0.15) is 0 Å². The van der Waals surface area contributed by atoms with Gasteiger partial charge in [-0.3, -0.25) is 0 Å². The average Bonchev–Trinajstić information content (AvgIpc) is 0.722. The van der Waals surface area contributed by atoms with Crippen molar-refractivity contribution < 1.29 is 54.5 Å². The molecule has 0 amide bonds. The van der Waals surface area contributed by atoms with Crippen molar-refractivity contribution in [1.29, 1.82) is 0 Å². The maximum atomic E-state index is 8.59. The summed E-state index contributed by atoms with van der Waals surface area (Å²) in [7, 11) is 0. The molecule has 0 rings (SSSR count).